The fourth-order valence-electron chi connectivity index (χ4n) is 0. The van der Waals surface area contributed by atoms with Crippen molar-refractivity contribution in [3.63, 3.8) is 0 Å². The van der Waals surface area contributed by atoms with Crippen molar-refractivity contribution in [3.8, 4) is 0 Å². The van der Waals surface area contributed by atoms with Gasteiger partial charge in [-0.15, -0.1) is 13.2 Å². The Balaban J connectivity index is -0.0000000315. The summed E-state index contributed by atoms with van der Waals surface area (Å²) < 4.78 is 0. The average Bonchev–Trinajstić information content (AvgIpc) is 2.12. The van der Waals surface area contributed by atoms with Crippen molar-refractivity contribution in [2.45, 2.75) is 47.5 Å². The second kappa shape index (κ2) is 115. The van der Waals surface area contributed by atoms with Crippen LogP contribution in [0.15, 0.2) is 13.2 Å². The molecule has 0 aliphatic heterocycles. The monoisotopic (exact) mass is 160 g/mol. The first kappa shape index (κ1) is 22.4. The molecule has 0 rings (SSSR count). The fourth-order valence-corrected chi connectivity index (χ4v) is 0. The summed E-state index contributed by atoms with van der Waals surface area (Å²) >= 11 is 0. The van der Waals surface area contributed by atoms with Crippen LogP contribution in [0.25, 0.3) is 0 Å². The summed E-state index contributed by atoms with van der Waals surface area (Å²) in [6.45, 7) is 15.8. The molecule has 0 atom stereocenters. The maximum absolute atomic E-state index is 8.81. The molecule has 0 spiro atoms. The van der Waals surface area contributed by atoms with E-state index in [1.807, 2.05) is 13.8 Å². The lowest BCUT2D eigenvalue weighted by molar-refractivity contribution is -0.106. The molecule has 11 heavy (non-hydrogen) atoms. The summed E-state index contributed by atoms with van der Waals surface area (Å²) in [5, 5.41) is 0. The second-order valence-corrected chi connectivity index (χ2v) is 1.24. The molecule has 0 heterocycles. The van der Waals surface area contributed by atoms with Crippen LogP contribution in [-0.4, -0.2) is 6.29 Å². The highest BCUT2D eigenvalue weighted by Gasteiger charge is 1.56. The zero-order valence-corrected chi connectivity index (χ0v) is 8.81. The Morgan fingerprint density at radius 2 is 1.18 bits per heavy atom. The second-order valence-electron chi connectivity index (χ2n) is 1.24. The molecule has 0 amide bonds. The number of carbonyl (C=O) groups is 1. The van der Waals surface area contributed by atoms with Crippen molar-refractivity contribution in [2.24, 2.45) is 0 Å². The molecule has 0 N–H and O–H groups in total. The van der Waals surface area contributed by atoms with Crippen LogP contribution in [0.3, 0.4) is 0 Å². The molecule has 0 saturated heterocycles. The number of hydrogen-bond donors (Lipinski definition) is 0. The minimum absolute atomic E-state index is 0.750. The predicted molar refractivity (Wildman–Crippen MR) is 54.9 cm³/mol. The Morgan fingerprint density at radius 3 is 1.18 bits per heavy atom. The van der Waals surface area contributed by atoms with E-state index in [2.05, 4.69) is 27.0 Å². The topological polar surface area (TPSA) is 17.1 Å². The summed E-state index contributed by atoms with van der Waals surface area (Å²) in [4.78, 5) is 8.81. The van der Waals surface area contributed by atoms with Crippen LogP contribution in [0.4, 0.5) is 0 Å². The first-order chi connectivity index (χ1) is 5.33. The third-order valence-corrected chi connectivity index (χ3v) is 0.500. The highest BCUT2D eigenvalue weighted by Crippen LogP contribution is 1.76. The summed E-state index contributed by atoms with van der Waals surface area (Å²) in [5.74, 6) is 0. The smallest absolute Gasteiger partial charge is 0.116 e. The Morgan fingerprint density at radius 1 is 1.09 bits per heavy atom. The van der Waals surface area contributed by atoms with Gasteiger partial charge in [-0.3, -0.25) is 0 Å². The Hall–Kier alpha value is -0.590. The van der Waals surface area contributed by atoms with Crippen LogP contribution < -0.4 is 0 Å². The minimum Gasteiger partial charge on any atom is -0.304 e. The molecule has 1 heteroatoms. The largest absolute Gasteiger partial charge is 0.304 e. The molecule has 0 aliphatic carbocycles. The number of aldehydes is 1. The lowest BCUT2D eigenvalue weighted by Crippen LogP contribution is -1.47. The van der Waals surface area contributed by atoms with Crippen LogP contribution in [0.5, 0.6) is 0 Å². The highest BCUT2D eigenvalue weighted by molar-refractivity contribution is 5.44. The Kier molecular flexibility index (Phi) is 234. The maximum atomic E-state index is 8.81. The molecular weight excluding hydrogens is 136 g/mol. The molecule has 0 aromatic carbocycles. The molecule has 1 nitrogen and oxygen atoms in total. The molecule has 0 aromatic heterocycles. The van der Waals surface area contributed by atoms with Gasteiger partial charge in [0.1, 0.15) is 6.29 Å². The molecular formula is C10H24O. The molecule has 0 aromatic rings. The summed E-state index contributed by atoms with van der Waals surface area (Å²) in [5.41, 5.74) is 0. The average molecular weight is 160 g/mol. The van der Waals surface area contributed by atoms with Gasteiger partial charge in [-0.05, 0) is 6.92 Å². The fraction of sp³-hybridized carbons (Fsp3) is 0.700. The van der Waals surface area contributed by atoms with Crippen LogP contribution >= 0.6 is 0 Å². The van der Waals surface area contributed by atoms with E-state index in [0.29, 0.717) is 0 Å². The van der Waals surface area contributed by atoms with E-state index in [-0.39, 0.29) is 0 Å². The summed E-state index contributed by atoms with van der Waals surface area (Å²) in [7, 11) is 0. The van der Waals surface area contributed by atoms with Gasteiger partial charge in [0.05, 0.1) is 0 Å². The molecule has 70 valence electrons. The van der Waals surface area contributed by atoms with E-state index in [1.165, 1.54) is 19.8 Å². The van der Waals surface area contributed by atoms with Gasteiger partial charge in [0.15, 0.2) is 0 Å². The molecule has 0 bridgehead atoms. The third-order valence-electron chi connectivity index (χ3n) is 0.500. The lowest BCUT2D eigenvalue weighted by atomic mass is 10.4. The van der Waals surface area contributed by atoms with Crippen molar-refractivity contribution < 1.29 is 4.79 Å². The van der Waals surface area contributed by atoms with E-state index in [0.717, 1.165) is 6.29 Å². The lowest BCUT2D eigenvalue weighted by Gasteiger charge is -1.68. The van der Waals surface area contributed by atoms with Crippen LogP contribution in [0, 0.1) is 0 Å². The van der Waals surface area contributed by atoms with Gasteiger partial charge in [0.2, 0.25) is 0 Å². The predicted octanol–water partition coefficient (Wildman–Crippen LogP) is 3.84. The van der Waals surface area contributed by atoms with Crippen molar-refractivity contribution in [3.05, 3.63) is 13.2 Å². The third kappa shape index (κ3) is 3070. The first-order valence-corrected chi connectivity index (χ1v) is 4.23. The summed E-state index contributed by atoms with van der Waals surface area (Å²) in [6, 6.07) is 0. The zero-order chi connectivity index (χ0) is 10.1. The first-order valence-electron chi connectivity index (χ1n) is 4.23. The Bertz CT molecular complexity index is 31.9. The zero-order valence-electron chi connectivity index (χ0n) is 8.81. The SMILES string of the molecule is C=C.CC.CC=O.CCCC. The van der Waals surface area contributed by atoms with E-state index < -0.39 is 0 Å². The van der Waals surface area contributed by atoms with Gasteiger partial charge in [0, 0.05) is 0 Å². The number of unbranched alkanes of at least 4 members (excludes halogenated alkanes) is 1. The van der Waals surface area contributed by atoms with E-state index in [4.69, 9.17) is 4.79 Å². The highest BCUT2D eigenvalue weighted by atomic mass is 16.1. The normalized spacial score (nSPS) is 4.82. The van der Waals surface area contributed by atoms with Crippen molar-refractivity contribution in [1.82, 2.24) is 0 Å². The number of carbonyl (C=O) groups excluding carboxylic acids is 1. The molecule has 0 radical (unpaired) electrons. The van der Waals surface area contributed by atoms with Gasteiger partial charge in [-0.1, -0.05) is 40.5 Å². The maximum Gasteiger partial charge on any atom is 0.116 e. The molecule has 0 aliphatic rings. The van der Waals surface area contributed by atoms with Crippen molar-refractivity contribution in [2.75, 3.05) is 0 Å². The van der Waals surface area contributed by atoms with E-state index in [1.54, 1.807) is 0 Å². The van der Waals surface area contributed by atoms with Crippen molar-refractivity contribution in [1.29, 1.82) is 0 Å². The minimum atomic E-state index is 0.750. The van der Waals surface area contributed by atoms with Gasteiger partial charge >= 0.3 is 0 Å². The summed E-state index contributed by atoms with van der Waals surface area (Å²) in [6.07, 6.45) is 3.39. The van der Waals surface area contributed by atoms with E-state index >= 15 is 0 Å². The standard InChI is InChI=1S/C4H10.C2H4O.C2H6.C2H4/c1-3-4-2;1-2-3;2*1-2/h3-4H2,1-2H3;2H,1H3;1-2H3;1-2H2. The van der Waals surface area contributed by atoms with Gasteiger partial charge < -0.3 is 4.79 Å². The molecule has 0 unspecified atom stereocenters. The van der Waals surface area contributed by atoms with E-state index in [9.17, 15) is 0 Å². The quantitative estimate of drug-likeness (QED) is 0.421. The van der Waals surface area contributed by atoms with Gasteiger partial charge in [-0.25, -0.2) is 0 Å². The van der Waals surface area contributed by atoms with Crippen LogP contribution in [-0.2, 0) is 4.79 Å². The van der Waals surface area contributed by atoms with Gasteiger partial charge in [0.25, 0.3) is 0 Å². The number of rotatable bonds is 1. The molecule has 0 fully saturated rings. The van der Waals surface area contributed by atoms with Crippen LogP contribution in [0.2, 0.25) is 0 Å². The van der Waals surface area contributed by atoms with Crippen molar-refractivity contribution >= 4 is 6.29 Å². The van der Waals surface area contributed by atoms with Crippen LogP contribution in [0.1, 0.15) is 47.5 Å². The number of hydrogen-bond acceptors (Lipinski definition) is 1. The Labute approximate surface area is 72.5 Å². The van der Waals surface area contributed by atoms with Gasteiger partial charge in [-0.2, -0.15) is 0 Å². The molecule has 0 saturated carbocycles.